The van der Waals surface area contributed by atoms with Crippen LogP contribution in [0.25, 0.3) is 0 Å². The van der Waals surface area contributed by atoms with Gasteiger partial charge in [-0.25, -0.2) is 17.9 Å². The van der Waals surface area contributed by atoms with E-state index >= 15 is 0 Å². The molecule has 21 heavy (non-hydrogen) atoms. The molecule has 1 aromatic carbocycles. The molecule has 0 fully saturated rings. The molecule has 0 heterocycles. The van der Waals surface area contributed by atoms with Crippen molar-refractivity contribution < 1.29 is 23.4 Å². The van der Waals surface area contributed by atoms with E-state index in [2.05, 4.69) is 4.72 Å². The Morgan fingerprint density at radius 3 is 2.24 bits per heavy atom. The Hall–Kier alpha value is -1.44. The van der Waals surface area contributed by atoms with Crippen molar-refractivity contribution in [3.05, 3.63) is 35.4 Å². The van der Waals surface area contributed by atoms with Crippen molar-refractivity contribution in [1.29, 1.82) is 0 Å². The Morgan fingerprint density at radius 1 is 1.05 bits per heavy atom. The highest BCUT2D eigenvalue weighted by Gasteiger charge is 2.11. The van der Waals surface area contributed by atoms with Crippen molar-refractivity contribution >= 4 is 16.0 Å². The number of rotatable bonds is 10. The van der Waals surface area contributed by atoms with Gasteiger partial charge in [-0.05, 0) is 30.5 Å². The van der Waals surface area contributed by atoms with Gasteiger partial charge < -0.3 is 10.2 Å². The zero-order chi connectivity index (χ0) is 15.7. The number of carbonyl (C=O) groups is 1. The highest BCUT2D eigenvalue weighted by molar-refractivity contribution is 7.88. The SMILES string of the molecule is O=C(O)c1ccc(CS(=O)(=O)NCCCCCCO)cc1. The van der Waals surface area contributed by atoms with Crippen LogP contribution >= 0.6 is 0 Å². The van der Waals surface area contributed by atoms with Crippen molar-refractivity contribution in [2.24, 2.45) is 0 Å². The van der Waals surface area contributed by atoms with Crippen molar-refractivity contribution in [2.75, 3.05) is 13.2 Å². The average molecular weight is 315 g/mol. The maximum atomic E-state index is 11.8. The third-order valence-corrected chi connectivity index (χ3v) is 4.32. The van der Waals surface area contributed by atoms with E-state index in [1.807, 2.05) is 0 Å². The third-order valence-electron chi connectivity index (χ3n) is 2.96. The lowest BCUT2D eigenvalue weighted by Crippen LogP contribution is -2.26. The van der Waals surface area contributed by atoms with E-state index < -0.39 is 16.0 Å². The second-order valence-corrected chi connectivity index (χ2v) is 6.60. The molecule has 0 radical (unpaired) electrons. The number of carboxylic acids is 1. The van der Waals surface area contributed by atoms with Crippen molar-refractivity contribution in [3.8, 4) is 0 Å². The molecule has 0 spiro atoms. The molecular weight excluding hydrogens is 294 g/mol. The summed E-state index contributed by atoms with van der Waals surface area (Å²) in [4.78, 5) is 10.7. The zero-order valence-corrected chi connectivity index (χ0v) is 12.6. The first-order valence-electron chi connectivity index (χ1n) is 6.85. The minimum absolute atomic E-state index is 0.132. The summed E-state index contributed by atoms with van der Waals surface area (Å²) in [6.07, 6.45) is 3.23. The van der Waals surface area contributed by atoms with E-state index in [-0.39, 0.29) is 17.9 Å². The first-order chi connectivity index (χ1) is 9.94. The number of aliphatic hydroxyl groups excluding tert-OH is 1. The summed E-state index contributed by atoms with van der Waals surface area (Å²) in [5.41, 5.74) is 0.681. The van der Waals surface area contributed by atoms with Crippen LogP contribution in [-0.2, 0) is 15.8 Å². The van der Waals surface area contributed by atoms with E-state index in [9.17, 15) is 13.2 Å². The predicted octanol–water partition coefficient (Wildman–Crippen LogP) is 1.36. The van der Waals surface area contributed by atoms with E-state index in [1.54, 1.807) is 0 Å². The van der Waals surface area contributed by atoms with Crippen LogP contribution in [0.2, 0.25) is 0 Å². The lowest BCUT2D eigenvalue weighted by Gasteiger charge is -2.07. The Labute approximate surface area is 124 Å². The van der Waals surface area contributed by atoms with Crippen molar-refractivity contribution in [3.63, 3.8) is 0 Å². The highest BCUT2D eigenvalue weighted by Crippen LogP contribution is 2.08. The Kier molecular flexibility index (Phi) is 7.35. The van der Waals surface area contributed by atoms with Gasteiger partial charge >= 0.3 is 5.97 Å². The van der Waals surface area contributed by atoms with Crippen LogP contribution < -0.4 is 4.72 Å². The average Bonchev–Trinajstić information content (AvgIpc) is 2.43. The van der Waals surface area contributed by atoms with Gasteiger partial charge in [-0.15, -0.1) is 0 Å². The molecule has 0 saturated heterocycles. The molecule has 1 aromatic rings. The number of benzene rings is 1. The zero-order valence-electron chi connectivity index (χ0n) is 11.8. The summed E-state index contributed by atoms with van der Waals surface area (Å²) in [6, 6.07) is 5.79. The molecular formula is C14H21NO5S. The molecule has 0 bridgehead atoms. The molecule has 0 aromatic heterocycles. The van der Waals surface area contributed by atoms with Crippen LogP contribution in [0.3, 0.4) is 0 Å². The molecule has 0 atom stereocenters. The fourth-order valence-electron chi connectivity index (χ4n) is 1.83. The maximum Gasteiger partial charge on any atom is 0.335 e. The fraction of sp³-hybridized carbons (Fsp3) is 0.500. The minimum Gasteiger partial charge on any atom is -0.478 e. The van der Waals surface area contributed by atoms with Crippen LogP contribution in [0.1, 0.15) is 41.6 Å². The van der Waals surface area contributed by atoms with Gasteiger partial charge in [-0.3, -0.25) is 0 Å². The van der Waals surface area contributed by atoms with Gasteiger partial charge in [0.15, 0.2) is 0 Å². The van der Waals surface area contributed by atoms with Crippen LogP contribution in [0.4, 0.5) is 0 Å². The molecule has 0 aliphatic carbocycles. The van der Waals surface area contributed by atoms with Crippen molar-refractivity contribution in [2.45, 2.75) is 31.4 Å². The number of aliphatic hydroxyl groups is 1. The third kappa shape index (κ3) is 7.22. The maximum absolute atomic E-state index is 11.8. The topological polar surface area (TPSA) is 104 Å². The molecule has 6 nitrogen and oxygen atoms in total. The first-order valence-corrected chi connectivity index (χ1v) is 8.50. The standard InChI is InChI=1S/C14H21NO5S/c16-10-4-2-1-3-9-15-21(19,20)11-12-5-7-13(8-6-12)14(17)18/h5-8,15-16H,1-4,9-11H2,(H,17,18). The molecule has 0 amide bonds. The molecule has 118 valence electrons. The second-order valence-electron chi connectivity index (χ2n) is 4.79. The Bertz CT molecular complexity index is 539. The van der Waals surface area contributed by atoms with Gasteiger partial charge in [0, 0.05) is 13.2 Å². The molecule has 3 N–H and O–H groups in total. The van der Waals surface area contributed by atoms with E-state index in [0.29, 0.717) is 12.1 Å². The van der Waals surface area contributed by atoms with Gasteiger partial charge in [-0.2, -0.15) is 0 Å². The summed E-state index contributed by atoms with van der Waals surface area (Å²) < 4.78 is 26.2. The quantitative estimate of drug-likeness (QED) is 0.566. The minimum atomic E-state index is -3.41. The molecule has 7 heteroatoms. The number of carboxylic acid groups (broad SMARTS) is 1. The summed E-state index contributed by atoms with van der Waals surface area (Å²) in [5, 5.41) is 17.4. The van der Waals surface area contributed by atoms with Gasteiger partial charge in [-0.1, -0.05) is 25.0 Å². The summed E-state index contributed by atoms with van der Waals surface area (Å²) in [6.45, 7) is 0.541. The van der Waals surface area contributed by atoms with E-state index in [0.717, 1.165) is 25.7 Å². The number of hydrogen-bond acceptors (Lipinski definition) is 4. The summed E-state index contributed by atoms with van der Waals surface area (Å²) in [7, 11) is -3.41. The first kappa shape index (κ1) is 17.6. The normalized spacial score (nSPS) is 11.5. The van der Waals surface area contributed by atoms with Crippen LogP contribution in [0.15, 0.2) is 24.3 Å². The molecule has 0 aliphatic rings. The monoisotopic (exact) mass is 315 g/mol. The smallest absolute Gasteiger partial charge is 0.335 e. The lowest BCUT2D eigenvalue weighted by molar-refractivity contribution is 0.0697. The number of unbranched alkanes of at least 4 members (excludes halogenated alkanes) is 3. The van der Waals surface area contributed by atoms with E-state index in [1.165, 1.54) is 24.3 Å². The summed E-state index contributed by atoms with van der Waals surface area (Å²) in [5.74, 6) is -1.20. The molecule has 1 rings (SSSR count). The highest BCUT2D eigenvalue weighted by atomic mass is 32.2. The predicted molar refractivity (Wildman–Crippen MR) is 79.6 cm³/mol. The van der Waals surface area contributed by atoms with Crippen LogP contribution in [0.5, 0.6) is 0 Å². The van der Waals surface area contributed by atoms with Gasteiger partial charge in [0.25, 0.3) is 0 Å². The van der Waals surface area contributed by atoms with Crippen LogP contribution in [-0.4, -0.2) is 37.8 Å². The number of sulfonamides is 1. The molecule has 0 aliphatic heterocycles. The van der Waals surface area contributed by atoms with Gasteiger partial charge in [0.05, 0.1) is 11.3 Å². The Morgan fingerprint density at radius 2 is 1.67 bits per heavy atom. The Balaban J connectivity index is 2.39. The number of nitrogens with one attached hydrogen (secondary N) is 1. The summed E-state index contributed by atoms with van der Waals surface area (Å²) >= 11 is 0. The second kappa shape index (κ2) is 8.76. The largest absolute Gasteiger partial charge is 0.478 e. The van der Waals surface area contributed by atoms with Crippen molar-refractivity contribution in [1.82, 2.24) is 4.72 Å². The van der Waals surface area contributed by atoms with Crippen LogP contribution in [0, 0.1) is 0 Å². The number of hydrogen-bond donors (Lipinski definition) is 3. The van der Waals surface area contributed by atoms with E-state index in [4.69, 9.17) is 10.2 Å². The number of aromatic carboxylic acids is 1. The fourth-order valence-corrected chi connectivity index (χ4v) is 3.02. The van der Waals surface area contributed by atoms with Gasteiger partial charge in [0.1, 0.15) is 0 Å². The van der Waals surface area contributed by atoms with Gasteiger partial charge in [0.2, 0.25) is 10.0 Å². The molecule has 0 unspecified atom stereocenters. The lowest BCUT2D eigenvalue weighted by atomic mass is 10.1. The molecule has 0 saturated carbocycles.